The van der Waals surface area contributed by atoms with Crippen molar-refractivity contribution < 1.29 is 9.47 Å². The number of rotatable bonds is 6. The van der Waals surface area contributed by atoms with Crippen LogP contribution in [0.25, 0.3) is 22.5 Å². The minimum Gasteiger partial charge on any atom is -0.497 e. The number of nitrogens with zero attached hydrogens (tertiary/aromatic N) is 3. The van der Waals surface area contributed by atoms with Crippen LogP contribution in [0.3, 0.4) is 0 Å². The lowest BCUT2D eigenvalue weighted by Crippen LogP contribution is -1.86. The summed E-state index contributed by atoms with van der Waals surface area (Å²) in [5.74, 6) is 1.69. The molecule has 1 heterocycles. The number of nitrogens with one attached hydrogen (secondary N) is 1. The fourth-order valence-electron chi connectivity index (χ4n) is 3.00. The van der Waals surface area contributed by atoms with Crippen LogP contribution in [0.1, 0.15) is 0 Å². The van der Waals surface area contributed by atoms with Crippen LogP contribution in [0.5, 0.6) is 11.5 Å². The smallest absolute Gasteiger partial charge is 0.247 e. The number of H-pyrrole nitrogens is 1. The van der Waals surface area contributed by atoms with E-state index in [0.29, 0.717) is 23.1 Å². The molecule has 0 saturated carbocycles. The van der Waals surface area contributed by atoms with Gasteiger partial charge in [-0.1, -0.05) is 60.7 Å². The maximum atomic E-state index is 5.36. The molecule has 0 saturated heterocycles. The van der Waals surface area contributed by atoms with Gasteiger partial charge >= 0.3 is 0 Å². The number of hydrogen-bond donors (Lipinski definition) is 1. The maximum absolute atomic E-state index is 5.36. The lowest BCUT2D eigenvalue weighted by Gasteiger charge is -2.05. The van der Waals surface area contributed by atoms with Gasteiger partial charge < -0.3 is 14.5 Å². The van der Waals surface area contributed by atoms with Crippen LogP contribution < -0.4 is 9.47 Å². The van der Waals surface area contributed by atoms with E-state index in [1.807, 2.05) is 66.7 Å². The van der Waals surface area contributed by atoms with Crippen molar-refractivity contribution in [2.24, 2.45) is 10.2 Å². The second-order valence-electron chi connectivity index (χ2n) is 6.25. The van der Waals surface area contributed by atoms with E-state index in [1.54, 1.807) is 26.4 Å². The predicted molar refractivity (Wildman–Crippen MR) is 113 cm³/mol. The number of hydrogen-bond acceptors (Lipinski definition) is 5. The van der Waals surface area contributed by atoms with E-state index in [0.717, 1.165) is 22.5 Å². The first-order chi connectivity index (χ1) is 14.3. The number of aromatic nitrogens is 2. The first kappa shape index (κ1) is 18.4. The Hall–Kier alpha value is -3.93. The van der Waals surface area contributed by atoms with Crippen molar-refractivity contribution in [2.45, 2.75) is 0 Å². The third-order valence-electron chi connectivity index (χ3n) is 4.44. The lowest BCUT2D eigenvalue weighted by molar-refractivity contribution is 0.404. The van der Waals surface area contributed by atoms with Crippen LogP contribution in [0, 0.1) is 0 Å². The quantitative estimate of drug-likeness (QED) is 0.404. The van der Waals surface area contributed by atoms with Crippen molar-refractivity contribution in [2.75, 3.05) is 14.2 Å². The predicted octanol–water partition coefficient (Wildman–Crippen LogP) is 6.18. The van der Waals surface area contributed by atoms with E-state index >= 15 is 0 Å². The fraction of sp³-hybridized carbons (Fsp3) is 0.0870. The number of imidazole rings is 1. The molecule has 1 aromatic heterocycles. The highest BCUT2D eigenvalue weighted by molar-refractivity contribution is 5.79. The van der Waals surface area contributed by atoms with Crippen molar-refractivity contribution in [3.05, 3.63) is 78.9 Å². The highest BCUT2D eigenvalue weighted by Gasteiger charge is 2.14. The van der Waals surface area contributed by atoms with E-state index in [4.69, 9.17) is 9.47 Å². The highest BCUT2D eigenvalue weighted by atomic mass is 16.5. The number of ether oxygens (including phenoxy) is 2. The zero-order chi connectivity index (χ0) is 20.1. The molecular formula is C23H20N4O2. The molecule has 0 unspecified atom stereocenters. The normalized spacial score (nSPS) is 11.0. The van der Waals surface area contributed by atoms with Crippen LogP contribution in [0.15, 0.2) is 89.1 Å². The van der Waals surface area contributed by atoms with Crippen molar-refractivity contribution in [3.63, 3.8) is 0 Å². The first-order valence-corrected chi connectivity index (χ1v) is 9.13. The Labute approximate surface area is 168 Å². The van der Waals surface area contributed by atoms with Crippen LogP contribution in [-0.2, 0) is 0 Å². The Morgan fingerprint density at radius 3 is 2.10 bits per heavy atom. The molecule has 3 aromatic carbocycles. The van der Waals surface area contributed by atoms with Crippen LogP contribution in [0.4, 0.5) is 11.6 Å². The summed E-state index contributed by atoms with van der Waals surface area (Å²) in [6.07, 6.45) is 0. The summed E-state index contributed by atoms with van der Waals surface area (Å²) in [5, 5.41) is 8.64. The highest BCUT2D eigenvalue weighted by Crippen LogP contribution is 2.35. The molecular weight excluding hydrogens is 364 g/mol. The fourth-order valence-corrected chi connectivity index (χ4v) is 3.00. The largest absolute Gasteiger partial charge is 0.497 e. The average Bonchev–Trinajstić information content (AvgIpc) is 3.23. The van der Waals surface area contributed by atoms with E-state index in [9.17, 15) is 0 Å². The number of methoxy groups -OCH3 is 2. The molecule has 29 heavy (non-hydrogen) atoms. The topological polar surface area (TPSA) is 71.9 Å². The molecule has 0 aliphatic carbocycles. The Balaban J connectivity index is 1.76. The second kappa shape index (κ2) is 8.39. The van der Waals surface area contributed by atoms with Gasteiger partial charge in [-0.3, -0.25) is 0 Å². The number of aromatic amines is 1. The Kier molecular flexibility index (Phi) is 5.33. The molecule has 4 rings (SSSR count). The molecule has 0 amide bonds. The molecule has 0 bridgehead atoms. The molecule has 0 aliphatic heterocycles. The zero-order valence-electron chi connectivity index (χ0n) is 16.2. The summed E-state index contributed by atoms with van der Waals surface area (Å²) < 4.78 is 10.6. The molecule has 6 heteroatoms. The molecule has 1 N–H and O–H groups in total. The van der Waals surface area contributed by atoms with Gasteiger partial charge in [-0.2, -0.15) is 0 Å². The van der Waals surface area contributed by atoms with Crippen molar-refractivity contribution in [1.29, 1.82) is 0 Å². The van der Waals surface area contributed by atoms with Crippen LogP contribution >= 0.6 is 0 Å². The Morgan fingerprint density at radius 2 is 1.45 bits per heavy atom. The van der Waals surface area contributed by atoms with Gasteiger partial charge in [-0.15, -0.1) is 10.2 Å². The number of benzene rings is 3. The molecule has 0 radical (unpaired) electrons. The third-order valence-corrected chi connectivity index (χ3v) is 4.44. The lowest BCUT2D eigenvalue weighted by atomic mass is 10.1. The standard InChI is InChI=1S/C23H20N4O2/c1-28-18-13-14-20(29-2)19(15-18)26-27-23-24-21(16-9-5-3-6-10-16)22(25-23)17-11-7-4-8-12-17/h3-15H,1-2H3,(H,24,25). The van der Waals surface area contributed by atoms with Crippen molar-refractivity contribution >= 4 is 11.6 Å². The Morgan fingerprint density at radius 1 is 0.759 bits per heavy atom. The van der Waals surface area contributed by atoms with Crippen molar-refractivity contribution in [1.82, 2.24) is 9.97 Å². The van der Waals surface area contributed by atoms with Crippen molar-refractivity contribution in [3.8, 4) is 34.0 Å². The Bertz CT molecular complexity index is 1070. The molecule has 0 aliphatic rings. The monoisotopic (exact) mass is 384 g/mol. The summed E-state index contributed by atoms with van der Waals surface area (Å²) in [5.41, 5.74) is 4.31. The summed E-state index contributed by atoms with van der Waals surface area (Å²) in [4.78, 5) is 7.97. The van der Waals surface area contributed by atoms with Gasteiger partial charge in [0.05, 0.1) is 25.6 Å². The second-order valence-corrected chi connectivity index (χ2v) is 6.25. The minimum absolute atomic E-state index is 0.410. The zero-order valence-corrected chi connectivity index (χ0v) is 16.2. The van der Waals surface area contributed by atoms with E-state index in [2.05, 4.69) is 20.2 Å². The minimum atomic E-state index is 0.410. The van der Waals surface area contributed by atoms with Gasteiger partial charge in [-0.05, 0) is 12.1 Å². The van der Waals surface area contributed by atoms with Gasteiger partial charge in [0, 0.05) is 17.2 Å². The summed E-state index contributed by atoms with van der Waals surface area (Å²) in [6, 6.07) is 25.4. The van der Waals surface area contributed by atoms with Crippen LogP contribution in [-0.4, -0.2) is 24.2 Å². The SMILES string of the molecule is COc1ccc(OC)c(N=Nc2nc(-c3ccccc3)c(-c3ccccc3)[nH]2)c1. The molecule has 0 atom stereocenters. The summed E-state index contributed by atoms with van der Waals surface area (Å²) in [6.45, 7) is 0. The molecule has 144 valence electrons. The molecule has 4 aromatic rings. The molecule has 0 spiro atoms. The van der Waals surface area contributed by atoms with E-state index in [1.165, 1.54) is 0 Å². The van der Waals surface area contributed by atoms with Gasteiger partial charge in [0.25, 0.3) is 0 Å². The van der Waals surface area contributed by atoms with E-state index < -0.39 is 0 Å². The third kappa shape index (κ3) is 4.01. The van der Waals surface area contributed by atoms with Gasteiger partial charge in [0.1, 0.15) is 17.2 Å². The maximum Gasteiger partial charge on any atom is 0.247 e. The van der Waals surface area contributed by atoms with E-state index in [-0.39, 0.29) is 0 Å². The van der Waals surface area contributed by atoms with Crippen LogP contribution in [0.2, 0.25) is 0 Å². The molecule has 0 fully saturated rings. The number of azo groups is 1. The summed E-state index contributed by atoms with van der Waals surface area (Å²) >= 11 is 0. The van der Waals surface area contributed by atoms with Gasteiger partial charge in [-0.25, -0.2) is 4.98 Å². The van der Waals surface area contributed by atoms with Gasteiger partial charge in [0.2, 0.25) is 5.95 Å². The average molecular weight is 384 g/mol. The van der Waals surface area contributed by atoms with Gasteiger partial charge in [0.15, 0.2) is 0 Å². The first-order valence-electron chi connectivity index (χ1n) is 9.13. The summed E-state index contributed by atoms with van der Waals surface area (Å²) in [7, 11) is 3.20. The molecule has 6 nitrogen and oxygen atoms in total.